The number of carbonyl (C=O) groups is 1. The van der Waals surface area contributed by atoms with Gasteiger partial charge in [-0.05, 0) is 37.5 Å². The highest BCUT2D eigenvalue weighted by Crippen LogP contribution is 2.34. The molecule has 0 bridgehead atoms. The highest BCUT2D eigenvalue weighted by Gasteiger charge is 2.31. The molecule has 1 aliphatic carbocycles. The van der Waals surface area contributed by atoms with Crippen LogP contribution in [0.15, 0.2) is 42.9 Å². The molecule has 0 unspecified atom stereocenters. The Hall–Kier alpha value is -3.73. The van der Waals surface area contributed by atoms with E-state index in [0.717, 1.165) is 22.5 Å². The topological polar surface area (TPSA) is 99.7 Å². The number of nitriles is 1. The lowest BCUT2D eigenvalue weighted by Gasteiger charge is -2.35. The molecule has 30 heavy (non-hydrogen) atoms. The molecule has 2 aliphatic rings. The van der Waals surface area contributed by atoms with Crippen LogP contribution in [0.4, 0.5) is 11.6 Å². The van der Waals surface area contributed by atoms with E-state index in [9.17, 15) is 4.79 Å². The van der Waals surface area contributed by atoms with Gasteiger partial charge in [0.2, 0.25) is 5.95 Å². The first kappa shape index (κ1) is 18.3. The summed E-state index contributed by atoms with van der Waals surface area (Å²) in [5, 5.41) is 16.5. The van der Waals surface area contributed by atoms with E-state index in [1.165, 1.54) is 12.8 Å². The molecule has 0 radical (unpaired) electrons. The molecule has 2 aromatic heterocycles. The molecule has 8 nitrogen and oxygen atoms in total. The molecule has 150 valence electrons. The van der Waals surface area contributed by atoms with E-state index in [0.29, 0.717) is 30.6 Å². The summed E-state index contributed by atoms with van der Waals surface area (Å²) in [6.07, 6.45) is 7.92. The number of aromatic nitrogens is 4. The fraction of sp³-hybridized carbons (Fsp3) is 0.318. The molecule has 1 aromatic carbocycles. The summed E-state index contributed by atoms with van der Waals surface area (Å²) in [7, 11) is 0. The van der Waals surface area contributed by atoms with E-state index in [1.54, 1.807) is 17.3 Å². The Morgan fingerprint density at radius 1 is 1.20 bits per heavy atom. The highest BCUT2D eigenvalue weighted by atomic mass is 16.2. The first-order chi connectivity index (χ1) is 14.6. The van der Waals surface area contributed by atoms with Gasteiger partial charge in [0, 0.05) is 36.6 Å². The van der Waals surface area contributed by atoms with Crippen molar-refractivity contribution in [1.29, 1.82) is 5.26 Å². The third-order valence-corrected chi connectivity index (χ3v) is 5.51. The Labute approximate surface area is 174 Å². The second-order valence-corrected chi connectivity index (χ2v) is 7.90. The van der Waals surface area contributed by atoms with Crippen LogP contribution in [0.1, 0.15) is 34.8 Å². The van der Waals surface area contributed by atoms with Gasteiger partial charge in [-0.15, -0.1) is 0 Å². The molecular formula is C22H21N7O. The van der Waals surface area contributed by atoms with Crippen molar-refractivity contribution in [1.82, 2.24) is 24.6 Å². The van der Waals surface area contributed by atoms with Crippen molar-refractivity contribution in [3.05, 3.63) is 54.0 Å². The van der Waals surface area contributed by atoms with Crippen molar-refractivity contribution < 1.29 is 4.79 Å². The van der Waals surface area contributed by atoms with E-state index in [4.69, 9.17) is 5.26 Å². The minimum absolute atomic E-state index is 0.0394. The molecule has 1 amide bonds. The first-order valence-electron chi connectivity index (χ1n) is 10.0. The summed E-state index contributed by atoms with van der Waals surface area (Å²) in [6, 6.07) is 10.1. The quantitative estimate of drug-likeness (QED) is 0.706. The zero-order valence-electron chi connectivity index (χ0n) is 16.6. The normalized spacial score (nSPS) is 16.1. The average Bonchev–Trinajstić information content (AvgIpc) is 3.48. The van der Waals surface area contributed by atoms with Crippen molar-refractivity contribution in [2.45, 2.75) is 25.8 Å². The van der Waals surface area contributed by atoms with Crippen molar-refractivity contribution in [3.8, 4) is 17.3 Å². The zero-order chi connectivity index (χ0) is 20.7. The monoisotopic (exact) mass is 399 g/mol. The van der Waals surface area contributed by atoms with E-state index in [2.05, 4.69) is 26.5 Å². The van der Waals surface area contributed by atoms with Gasteiger partial charge < -0.3 is 10.2 Å². The van der Waals surface area contributed by atoms with Crippen LogP contribution in [0.2, 0.25) is 0 Å². The van der Waals surface area contributed by atoms with Gasteiger partial charge in [-0.25, -0.2) is 9.97 Å². The number of nitrogens with zero attached hydrogens (tertiary/aromatic N) is 6. The van der Waals surface area contributed by atoms with Crippen LogP contribution in [-0.2, 0) is 0 Å². The van der Waals surface area contributed by atoms with Gasteiger partial charge in [0.15, 0.2) is 0 Å². The fourth-order valence-electron chi connectivity index (χ4n) is 3.54. The highest BCUT2D eigenvalue weighted by molar-refractivity contribution is 5.95. The fourth-order valence-corrected chi connectivity index (χ4v) is 3.54. The second kappa shape index (κ2) is 7.26. The number of nitrogens with one attached hydrogen (secondary N) is 1. The zero-order valence-corrected chi connectivity index (χ0v) is 16.6. The minimum atomic E-state index is -0.0424. The largest absolute Gasteiger partial charge is 0.336 e. The molecule has 1 aliphatic heterocycles. The first-order valence-corrected chi connectivity index (χ1v) is 10.0. The molecular weight excluding hydrogens is 378 g/mol. The van der Waals surface area contributed by atoms with Gasteiger partial charge in [0.25, 0.3) is 5.91 Å². The lowest BCUT2D eigenvalue weighted by molar-refractivity contribution is 0.0577. The number of rotatable bonds is 5. The maximum atomic E-state index is 12.5. The predicted molar refractivity (Wildman–Crippen MR) is 111 cm³/mol. The summed E-state index contributed by atoms with van der Waals surface area (Å²) in [5.41, 5.74) is 4.17. The molecule has 0 atom stereocenters. The summed E-state index contributed by atoms with van der Waals surface area (Å²) in [4.78, 5) is 23.2. The summed E-state index contributed by atoms with van der Waals surface area (Å²) >= 11 is 0. The van der Waals surface area contributed by atoms with Gasteiger partial charge >= 0.3 is 0 Å². The molecule has 3 aromatic rings. The minimum Gasteiger partial charge on any atom is -0.336 e. The van der Waals surface area contributed by atoms with Crippen molar-refractivity contribution >= 4 is 17.5 Å². The summed E-state index contributed by atoms with van der Waals surface area (Å²) in [5.74, 6) is 0.427. The van der Waals surface area contributed by atoms with E-state index in [-0.39, 0.29) is 11.8 Å². The second-order valence-electron chi connectivity index (χ2n) is 7.90. The maximum Gasteiger partial charge on any atom is 0.253 e. The van der Waals surface area contributed by atoms with Crippen molar-refractivity contribution in [3.63, 3.8) is 0 Å². The van der Waals surface area contributed by atoms with Gasteiger partial charge in [-0.1, -0.05) is 12.1 Å². The van der Waals surface area contributed by atoms with Crippen LogP contribution in [0.25, 0.3) is 11.3 Å². The van der Waals surface area contributed by atoms with E-state index < -0.39 is 0 Å². The average molecular weight is 399 g/mol. The van der Waals surface area contributed by atoms with Gasteiger partial charge in [0.1, 0.15) is 0 Å². The molecule has 5 rings (SSSR count). The molecule has 8 heteroatoms. The number of hydrogen-bond donors (Lipinski definition) is 1. The SMILES string of the molecule is Cc1cnc(Nc2cnn(C3CC3)c2)nc1-c1ccc(C(=O)N2CC(C#N)C2)cc1. The number of amides is 1. The number of benzene rings is 1. The molecule has 3 heterocycles. The Balaban J connectivity index is 1.32. The third kappa shape index (κ3) is 3.50. The Morgan fingerprint density at radius 3 is 2.67 bits per heavy atom. The predicted octanol–water partition coefficient (Wildman–Crippen LogP) is 3.32. The Morgan fingerprint density at radius 2 is 1.97 bits per heavy atom. The molecule has 2 fully saturated rings. The number of aryl methyl sites for hydroxylation is 1. The van der Waals surface area contributed by atoms with Crippen LogP contribution < -0.4 is 5.32 Å². The van der Waals surface area contributed by atoms with Crippen LogP contribution in [0, 0.1) is 24.2 Å². The van der Waals surface area contributed by atoms with E-state index >= 15 is 0 Å². The van der Waals surface area contributed by atoms with Crippen LogP contribution in [0.5, 0.6) is 0 Å². The van der Waals surface area contributed by atoms with Crippen molar-refractivity contribution in [2.24, 2.45) is 5.92 Å². The van der Waals surface area contributed by atoms with Crippen LogP contribution in [-0.4, -0.2) is 43.6 Å². The lowest BCUT2D eigenvalue weighted by atomic mass is 10.00. The molecule has 1 saturated carbocycles. The van der Waals surface area contributed by atoms with Crippen LogP contribution >= 0.6 is 0 Å². The molecule has 0 spiro atoms. The number of carbonyl (C=O) groups excluding carboxylic acids is 1. The number of anilines is 2. The number of likely N-dealkylation sites (tertiary alicyclic amines) is 1. The maximum absolute atomic E-state index is 12.5. The smallest absolute Gasteiger partial charge is 0.253 e. The van der Waals surface area contributed by atoms with Crippen molar-refractivity contribution in [2.75, 3.05) is 18.4 Å². The van der Waals surface area contributed by atoms with Gasteiger partial charge in [-0.3, -0.25) is 9.48 Å². The van der Waals surface area contributed by atoms with E-state index in [1.807, 2.05) is 42.1 Å². The Bertz CT molecular complexity index is 1140. The van der Waals surface area contributed by atoms with Crippen LogP contribution in [0.3, 0.4) is 0 Å². The molecule has 1 saturated heterocycles. The number of hydrogen-bond acceptors (Lipinski definition) is 6. The summed E-state index contributed by atoms with van der Waals surface area (Å²) in [6.45, 7) is 2.98. The summed E-state index contributed by atoms with van der Waals surface area (Å²) < 4.78 is 1.98. The van der Waals surface area contributed by atoms with Gasteiger partial charge in [0.05, 0.1) is 35.6 Å². The third-order valence-electron chi connectivity index (χ3n) is 5.51. The molecule has 1 N–H and O–H groups in total. The standard InChI is InChI=1S/C22H21N7O/c1-14-9-24-22(26-18-10-25-29(13-18)19-6-7-19)27-20(14)16-2-4-17(5-3-16)21(30)28-11-15(8-23)12-28/h2-5,9-10,13,15,19H,6-7,11-12H2,1H3,(H,24,26,27). The van der Waals surface area contributed by atoms with Gasteiger partial charge in [-0.2, -0.15) is 10.4 Å². The Kier molecular flexibility index (Phi) is 4.43. The lowest BCUT2D eigenvalue weighted by Crippen LogP contribution is -2.49.